The number of nitrogens with zero attached hydrogens (tertiary/aromatic N) is 1. The van der Waals surface area contributed by atoms with E-state index in [9.17, 15) is 4.79 Å². The molecule has 1 rings (SSSR count). The Morgan fingerprint density at radius 3 is 2.63 bits per heavy atom. The Bertz CT molecular complexity index is 467. The molecule has 1 N–H and O–H groups in total. The smallest absolute Gasteiger partial charge is 0.277 e. The molecule has 0 aromatic heterocycles. The summed E-state index contributed by atoms with van der Waals surface area (Å²) in [5, 5.41) is 4.67. The highest BCUT2D eigenvalue weighted by molar-refractivity contribution is 6.30. The predicted octanol–water partition coefficient (Wildman–Crippen LogP) is 3.32. The van der Waals surface area contributed by atoms with Gasteiger partial charge in [0.2, 0.25) is 0 Å². The van der Waals surface area contributed by atoms with Gasteiger partial charge in [0.05, 0.1) is 0 Å². The lowest BCUT2D eigenvalue weighted by Gasteiger charge is -2.08. The number of carbonyl (C=O) groups is 1. The molecule has 4 nitrogen and oxygen atoms in total. The van der Waals surface area contributed by atoms with Crippen LogP contribution in [0, 0.1) is 6.92 Å². The number of amides is 1. The number of rotatable bonds is 6. The number of carbonyl (C=O) groups excluding carboxylic acids is 1. The Hall–Kier alpha value is -1.55. The van der Waals surface area contributed by atoms with Crippen LogP contribution in [0.25, 0.3) is 0 Å². The normalized spacial score (nSPS) is 9.89. The minimum Gasteiger partial charge on any atom is -0.483 e. The van der Waals surface area contributed by atoms with E-state index in [1.807, 2.05) is 20.8 Å². The second kappa shape index (κ2) is 7.79. The minimum atomic E-state index is -0.270. The van der Waals surface area contributed by atoms with Crippen LogP contribution in [-0.2, 0) is 4.79 Å². The van der Waals surface area contributed by atoms with Gasteiger partial charge in [0, 0.05) is 10.7 Å². The van der Waals surface area contributed by atoms with Gasteiger partial charge in [0.15, 0.2) is 6.61 Å². The molecule has 0 spiro atoms. The van der Waals surface area contributed by atoms with Gasteiger partial charge >= 0.3 is 0 Å². The number of nitrogens with one attached hydrogen (secondary N) is 1. The fourth-order valence-corrected chi connectivity index (χ4v) is 1.73. The fourth-order valence-electron chi connectivity index (χ4n) is 1.50. The lowest BCUT2D eigenvalue weighted by atomic mass is 10.2. The van der Waals surface area contributed by atoms with Crippen molar-refractivity contribution in [1.29, 1.82) is 0 Å². The van der Waals surface area contributed by atoms with Gasteiger partial charge in [0.1, 0.15) is 5.75 Å². The van der Waals surface area contributed by atoms with Crippen molar-refractivity contribution in [2.75, 3.05) is 6.61 Å². The van der Waals surface area contributed by atoms with Crippen LogP contribution in [0.3, 0.4) is 0 Å². The van der Waals surface area contributed by atoms with Crippen molar-refractivity contribution in [3.8, 4) is 5.75 Å². The quantitative estimate of drug-likeness (QED) is 0.643. The van der Waals surface area contributed by atoms with Crippen molar-refractivity contribution in [1.82, 2.24) is 5.43 Å². The van der Waals surface area contributed by atoms with Gasteiger partial charge in [-0.05, 0) is 43.5 Å². The van der Waals surface area contributed by atoms with Crippen molar-refractivity contribution >= 4 is 23.2 Å². The van der Waals surface area contributed by atoms with Crippen molar-refractivity contribution in [3.05, 3.63) is 28.8 Å². The summed E-state index contributed by atoms with van der Waals surface area (Å²) in [5.74, 6) is 0.378. The predicted molar refractivity (Wildman–Crippen MR) is 77.8 cm³/mol. The summed E-state index contributed by atoms with van der Waals surface area (Å²) < 4.78 is 5.41. The van der Waals surface area contributed by atoms with Crippen LogP contribution in [0.2, 0.25) is 5.02 Å². The summed E-state index contributed by atoms with van der Waals surface area (Å²) in [4.78, 5) is 11.6. The molecule has 0 atom stereocenters. The first-order valence-electron chi connectivity index (χ1n) is 6.30. The number of hydrogen-bond acceptors (Lipinski definition) is 3. The summed E-state index contributed by atoms with van der Waals surface area (Å²) in [6.45, 7) is 5.82. The summed E-state index contributed by atoms with van der Waals surface area (Å²) in [6, 6.07) is 5.27. The number of ether oxygens (including phenoxy) is 1. The first-order valence-corrected chi connectivity index (χ1v) is 6.67. The molecule has 104 valence electrons. The third kappa shape index (κ3) is 5.30. The minimum absolute atomic E-state index is 0.0628. The van der Waals surface area contributed by atoms with Crippen LogP contribution < -0.4 is 10.2 Å². The monoisotopic (exact) mass is 282 g/mol. The van der Waals surface area contributed by atoms with Crippen LogP contribution in [-0.4, -0.2) is 18.2 Å². The molecule has 5 heteroatoms. The number of hydrogen-bond donors (Lipinski definition) is 1. The lowest BCUT2D eigenvalue weighted by molar-refractivity contribution is -0.123. The molecule has 1 amide bonds. The maximum Gasteiger partial charge on any atom is 0.277 e. The van der Waals surface area contributed by atoms with E-state index < -0.39 is 0 Å². The summed E-state index contributed by atoms with van der Waals surface area (Å²) in [6.07, 6.45) is 1.65. The third-order valence-electron chi connectivity index (χ3n) is 2.65. The van der Waals surface area contributed by atoms with Crippen LogP contribution >= 0.6 is 11.6 Å². The standard InChI is InChI=1S/C14H19ClN2O2/c1-4-12(5-2)16-17-14(18)9-19-13-7-6-11(15)8-10(13)3/h6-8H,4-5,9H2,1-3H3,(H,17,18). The maximum absolute atomic E-state index is 11.6. The average molecular weight is 283 g/mol. The van der Waals surface area contributed by atoms with Gasteiger partial charge in [0.25, 0.3) is 5.91 Å². The van der Waals surface area contributed by atoms with Gasteiger partial charge in [-0.3, -0.25) is 4.79 Å². The highest BCUT2D eigenvalue weighted by atomic mass is 35.5. The van der Waals surface area contributed by atoms with Crippen molar-refractivity contribution < 1.29 is 9.53 Å². The van der Waals surface area contributed by atoms with Crippen LogP contribution in [0.1, 0.15) is 32.3 Å². The highest BCUT2D eigenvalue weighted by Crippen LogP contribution is 2.21. The van der Waals surface area contributed by atoms with Crippen LogP contribution in [0.5, 0.6) is 5.75 Å². The number of benzene rings is 1. The largest absolute Gasteiger partial charge is 0.483 e. The maximum atomic E-state index is 11.6. The molecule has 0 saturated carbocycles. The van der Waals surface area contributed by atoms with Gasteiger partial charge in [-0.25, -0.2) is 5.43 Å². The molecular weight excluding hydrogens is 264 g/mol. The summed E-state index contributed by atoms with van der Waals surface area (Å²) >= 11 is 5.84. The van der Waals surface area contributed by atoms with E-state index in [4.69, 9.17) is 16.3 Å². The van der Waals surface area contributed by atoms with Gasteiger partial charge in [-0.15, -0.1) is 0 Å². The average Bonchev–Trinajstić information content (AvgIpc) is 2.39. The van der Waals surface area contributed by atoms with E-state index in [1.54, 1.807) is 18.2 Å². The molecule has 1 aromatic rings. The Morgan fingerprint density at radius 1 is 1.37 bits per heavy atom. The molecule has 19 heavy (non-hydrogen) atoms. The second-order valence-corrected chi connectivity index (χ2v) is 4.56. The van der Waals surface area contributed by atoms with E-state index in [2.05, 4.69) is 10.5 Å². The molecule has 1 aromatic carbocycles. The zero-order valence-electron chi connectivity index (χ0n) is 11.5. The zero-order chi connectivity index (χ0) is 14.3. The van der Waals surface area contributed by atoms with E-state index in [0.29, 0.717) is 10.8 Å². The fraction of sp³-hybridized carbons (Fsp3) is 0.429. The van der Waals surface area contributed by atoms with E-state index >= 15 is 0 Å². The number of hydrazone groups is 1. The number of halogens is 1. The third-order valence-corrected chi connectivity index (χ3v) is 2.89. The first-order chi connectivity index (χ1) is 9.06. The Balaban J connectivity index is 2.48. The Morgan fingerprint density at radius 2 is 2.05 bits per heavy atom. The summed E-state index contributed by atoms with van der Waals surface area (Å²) in [7, 11) is 0. The van der Waals surface area contributed by atoms with Crippen molar-refractivity contribution in [2.45, 2.75) is 33.6 Å². The van der Waals surface area contributed by atoms with Crippen molar-refractivity contribution in [2.24, 2.45) is 5.10 Å². The topological polar surface area (TPSA) is 50.7 Å². The molecule has 0 saturated heterocycles. The van der Waals surface area contributed by atoms with Gasteiger partial charge in [-0.2, -0.15) is 5.10 Å². The van der Waals surface area contributed by atoms with Crippen molar-refractivity contribution in [3.63, 3.8) is 0 Å². The molecule has 0 heterocycles. The van der Waals surface area contributed by atoms with Gasteiger partial charge in [-0.1, -0.05) is 25.4 Å². The number of aryl methyl sites for hydroxylation is 1. The molecule has 0 aliphatic rings. The Kier molecular flexibility index (Phi) is 6.36. The molecule has 0 bridgehead atoms. The van der Waals surface area contributed by atoms with E-state index in [1.165, 1.54) is 0 Å². The molecule has 0 aliphatic heterocycles. The highest BCUT2D eigenvalue weighted by Gasteiger charge is 2.05. The summed E-state index contributed by atoms with van der Waals surface area (Å²) in [5.41, 5.74) is 4.33. The van der Waals surface area contributed by atoms with Crippen LogP contribution in [0.15, 0.2) is 23.3 Å². The first kappa shape index (κ1) is 15.5. The molecule has 0 fully saturated rings. The molecule has 0 radical (unpaired) electrons. The molecular formula is C14H19ClN2O2. The van der Waals surface area contributed by atoms with E-state index in [-0.39, 0.29) is 12.5 Å². The lowest BCUT2D eigenvalue weighted by Crippen LogP contribution is -2.25. The van der Waals surface area contributed by atoms with E-state index in [0.717, 1.165) is 24.1 Å². The van der Waals surface area contributed by atoms with Gasteiger partial charge < -0.3 is 4.74 Å². The Labute approximate surface area is 118 Å². The van der Waals surface area contributed by atoms with Crippen LogP contribution in [0.4, 0.5) is 0 Å². The molecule has 0 aliphatic carbocycles. The zero-order valence-corrected chi connectivity index (χ0v) is 12.3. The SMILES string of the molecule is CCC(CC)=NNC(=O)COc1ccc(Cl)cc1C. The second-order valence-electron chi connectivity index (χ2n) is 4.12. The molecule has 0 unspecified atom stereocenters.